The van der Waals surface area contributed by atoms with Gasteiger partial charge in [0.25, 0.3) is 0 Å². The van der Waals surface area contributed by atoms with Crippen LogP contribution in [0.2, 0.25) is 5.02 Å². The van der Waals surface area contributed by atoms with E-state index in [2.05, 4.69) is 11.5 Å². The number of carbonyl (C=O) groups is 1. The van der Waals surface area contributed by atoms with Gasteiger partial charge in [0.2, 0.25) is 5.78 Å². The number of rotatable bonds is 5. The van der Waals surface area contributed by atoms with E-state index in [1.165, 1.54) is 31.4 Å². The highest BCUT2D eigenvalue weighted by Crippen LogP contribution is 2.33. The number of ketones is 1. The number of hydrogen-bond donors (Lipinski definition) is 0. The second-order valence-corrected chi connectivity index (χ2v) is 6.70. The summed E-state index contributed by atoms with van der Waals surface area (Å²) in [5.74, 6) is 0.685. The number of nitrogens with zero attached hydrogens (tertiary/aromatic N) is 1. The Morgan fingerprint density at radius 3 is 2.52 bits per heavy atom. The van der Waals surface area contributed by atoms with Gasteiger partial charge in [-0.2, -0.15) is 0 Å². The summed E-state index contributed by atoms with van der Waals surface area (Å²) in [5, 5.41) is 0.656. The van der Waals surface area contributed by atoms with E-state index in [9.17, 15) is 4.79 Å². The average Bonchev–Trinajstić information content (AvgIpc) is 3.14. The normalized spacial score (nSPS) is 15.1. The quantitative estimate of drug-likeness (QED) is 0.711. The largest absolute Gasteiger partial charge is 0.485 e. The maximum atomic E-state index is 12.5. The Hall–Kier alpha value is -1.74. The van der Waals surface area contributed by atoms with Crippen LogP contribution in [0, 0.1) is 13.8 Å². The monoisotopic (exact) mass is 331 g/mol. The molecule has 4 heteroatoms. The SMILES string of the molecule is Cc1cc(C(=O)COc2ccc(Cl)cc2)c(C)n1C1CCCC1. The lowest BCUT2D eigenvalue weighted by atomic mass is 10.1. The van der Waals surface area contributed by atoms with E-state index in [1.807, 2.05) is 13.0 Å². The number of aromatic nitrogens is 1. The fraction of sp³-hybridized carbons (Fsp3) is 0.421. The highest BCUT2D eigenvalue weighted by atomic mass is 35.5. The summed E-state index contributed by atoms with van der Waals surface area (Å²) in [4.78, 5) is 12.5. The Morgan fingerprint density at radius 1 is 1.22 bits per heavy atom. The zero-order valence-electron chi connectivity index (χ0n) is 13.6. The van der Waals surface area contributed by atoms with Gasteiger partial charge in [-0.05, 0) is 57.0 Å². The van der Waals surface area contributed by atoms with Gasteiger partial charge in [0.05, 0.1) is 0 Å². The molecule has 0 bridgehead atoms. The first-order chi connectivity index (χ1) is 11.1. The summed E-state index contributed by atoms with van der Waals surface area (Å²) in [6.07, 6.45) is 4.99. The van der Waals surface area contributed by atoms with E-state index < -0.39 is 0 Å². The van der Waals surface area contributed by atoms with Gasteiger partial charge in [0.15, 0.2) is 6.61 Å². The molecular weight excluding hydrogens is 310 g/mol. The molecule has 2 aromatic rings. The Labute approximate surface area is 142 Å². The van der Waals surface area contributed by atoms with Crippen LogP contribution in [-0.2, 0) is 0 Å². The molecule has 0 radical (unpaired) electrons. The van der Waals surface area contributed by atoms with E-state index in [4.69, 9.17) is 16.3 Å². The minimum Gasteiger partial charge on any atom is -0.485 e. The van der Waals surface area contributed by atoms with E-state index >= 15 is 0 Å². The zero-order valence-corrected chi connectivity index (χ0v) is 14.4. The lowest BCUT2D eigenvalue weighted by molar-refractivity contribution is 0.0920. The Balaban J connectivity index is 1.72. The van der Waals surface area contributed by atoms with Crippen molar-refractivity contribution in [3.63, 3.8) is 0 Å². The lowest BCUT2D eigenvalue weighted by Crippen LogP contribution is -2.14. The van der Waals surface area contributed by atoms with E-state index in [1.54, 1.807) is 24.3 Å². The molecule has 3 nitrogen and oxygen atoms in total. The molecule has 1 aliphatic carbocycles. The second-order valence-electron chi connectivity index (χ2n) is 6.26. The highest BCUT2D eigenvalue weighted by Gasteiger charge is 2.23. The van der Waals surface area contributed by atoms with Crippen LogP contribution in [0.15, 0.2) is 30.3 Å². The zero-order chi connectivity index (χ0) is 16.4. The summed E-state index contributed by atoms with van der Waals surface area (Å²) in [7, 11) is 0. The Bertz CT molecular complexity index is 697. The summed E-state index contributed by atoms with van der Waals surface area (Å²) in [6, 6.07) is 9.62. The van der Waals surface area contributed by atoms with Crippen molar-refractivity contribution in [2.75, 3.05) is 6.61 Å². The van der Waals surface area contributed by atoms with E-state index in [0.29, 0.717) is 16.8 Å². The first-order valence-electron chi connectivity index (χ1n) is 8.16. The number of Topliss-reactive ketones (excluding diaryl/α,β-unsaturated/α-hetero) is 1. The van der Waals surface area contributed by atoms with Crippen LogP contribution in [0.5, 0.6) is 5.75 Å². The van der Waals surface area contributed by atoms with Crippen molar-refractivity contribution in [2.45, 2.75) is 45.6 Å². The van der Waals surface area contributed by atoms with Gasteiger partial charge in [-0.25, -0.2) is 0 Å². The van der Waals surface area contributed by atoms with Crippen LogP contribution >= 0.6 is 11.6 Å². The third-order valence-electron chi connectivity index (χ3n) is 4.66. The molecule has 0 N–H and O–H groups in total. The Morgan fingerprint density at radius 2 is 1.87 bits per heavy atom. The summed E-state index contributed by atoms with van der Waals surface area (Å²) in [5.41, 5.74) is 3.02. The van der Waals surface area contributed by atoms with Gasteiger partial charge in [0, 0.05) is 28.0 Å². The minimum absolute atomic E-state index is 0.0253. The lowest BCUT2D eigenvalue weighted by Gasteiger charge is -2.17. The van der Waals surface area contributed by atoms with Gasteiger partial charge < -0.3 is 9.30 Å². The molecule has 1 aromatic heterocycles. The standard InChI is InChI=1S/C19H22ClNO2/c1-13-11-18(14(2)21(13)16-5-3-4-6-16)19(22)12-23-17-9-7-15(20)8-10-17/h7-11,16H,3-6,12H2,1-2H3. The van der Waals surface area contributed by atoms with Crippen molar-refractivity contribution in [3.05, 3.63) is 52.3 Å². The van der Waals surface area contributed by atoms with Gasteiger partial charge in [0.1, 0.15) is 5.75 Å². The molecule has 23 heavy (non-hydrogen) atoms. The van der Waals surface area contributed by atoms with Crippen LogP contribution < -0.4 is 4.74 Å². The number of halogens is 1. The first kappa shape index (κ1) is 16.1. The molecular formula is C19H22ClNO2. The molecule has 3 rings (SSSR count). The van der Waals surface area contributed by atoms with Crippen molar-refractivity contribution in [3.8, 4) is 5.75 Å². The molecule has 1 aliphatic rings. The summed E-state index contributed by atoms with van der Waals surface area (Å²) >= 11 is 5.85. The molecule has 0 aliphatic heterocycles. The van der Waals surface area contributed by atoms with Crippen LogP contribution in [0.4, 0.5) is 0 Å². The number of carbonyl (C=O) groups excluding carboxylic acids is 1. The smallest absolute Gasteiger partial charge is 0.202 e. The van der Waals surface area contributed by atoms with Crippen LogP contribution in [0.3, 0.4) is 0 Å². The van der Waals surface area contributed by atoms with Gasteiger partial charge >= 0.3 is 0 Å². The number of benzene rings is 1. The fourth-order valence-electron chi connectivity index (χ4n) is 3.54. The first-order valence-corrected chi connectivity index (χ1v) is 8.54. The molecule has 122 valence electrons. The third-order valence-corrected chi connectivity index (χ3v) is 4.91. The van der Waals surface area contributed by atoms with Crippen LogP contribution in [0.25, 0.3) is 0 Å². The molecule has 1 fully saturated rings. The molecule has 1 aromatic carbocycles. The number of ether oxygens (including phenoxy) is 1. The van der Waals surface area contributed by atoms with E-state index in [-0.39, 0.29) is 12.4 Å². The highest BCUT2D eigenvalue weighted by molar-refractivity contribution is 6.30. The predicted octanol–water partition coefficient (Wildman–Crippen LogP) is 5.14. The number of hydrogen-bond acceptors (Lipinski definition) is 2. The van der Waals surface area contributed by atoms with Crippen molar-refractivity contribution in [1.29, 1.82) is 0 Å². The molecule has 1 heterocycles. The minimum atomic E-state index is 0.0253. The van der Waals surface area contributed by atoms with Gasteiger partial charge in [-0.15, -0.1) is 0 Å². The fourth-order valence-corrected chi connectivity index (χ4v) is 3.67. The molecule has 0 saturated heterocycles. The Kier molecular flexibility index (Phi) is 4.76. The number of aryl methyl sites for hydroxylation is 1. The van der Waals surface area contributed by atoms with Crippen LogP contribution in [0.1, 0.15) is 53.5 Å². The topological polar surface area (TPSA) is 31.2 Å². The van der Waals surface area contributed by atoms with Gasteiger partial charge in [-0.3, -0.25) is 4.79 Å². The predicted molar refractivity (Wildman–Crippen MR) is 92.7 cm³/mol. The third kappa shape index (κ3) is 3.45. The summed E-state index contributed by atoms with van der Waals surface area (Å²) < 4.78 is 7.93. The van der Waals surface area contributed by atoms with Crippen molar-refractivity contribution in [2.24, 2.45) is 0 Å². The average molecular weight is 332 g/mol. The molecule has 0 spiro atoms. The summed E-state index contributed by atoms with van der Waals surface area (Å²) in [6.45, 7) is 4.18. The van der Waals surface area contributed by atoms with Crippen LogP contribution in [-0.4, -0.2) is 17.0 Å². The molecule has 1 saturated carbocycles. The van der Waals surface area contributed by atoms with E-state index in [0.717, 1.165) is 11.3 Å². The molecule has 0 atom stereocenters. The van der Waals surface area contributed by atoms with Crippen molar-refractivity contribution < 1.29 is 9.53 Å². The van der Waals surface area contributed by atoms with Crippen molar-refractivity contribution >= 4 is 17.4 Å². The maximum absolute atomic E-state index is 12.5. The van der Waals surface area contributed by atoms with Crippen molar-refractivity contribution in [1.82, 2.24) is 4.57 Å². The maximum Gasteiger partial charge on any atom is 0.202 e. The molecule has 0 unspecified atom stereocenters. The molecule has 0 amide bonds. The van der Waals surface area contributed by atoms with Gasteiger partial charge in [-0.1, -0.05) is 24.4 Å². The second kappa shape index (κ2) is 6.79.